The highest BCUT2D eigenvalue weighted by Gasteiger charge is 2.39. The van der Waals surface area contributed by atoms with Crippen molar-refractivity contribution in [2.24, 2.45) is 0 Å². The van der Waals surface area contributed by atoms with E-state index in [1.54, 1.807) is 6.07 Å². The van der Waals surface area contributed by atoms with E-state index >= 15 is 0 Å². The molecule has 0 fully saturated rings. The topological polar surface area (TPSA) is 46.6 Å². The van der Waals surface area contributed by atoms with Crippen LogP contribution in [0.15, 0.2) is 29.3 Å². The molecule has 0 bridgehead atoms. The van der Waals surface area contributed by atoms with E-state index in [-0.39, 0.29) is 11.8 Å². The second kappa shape index (κ2) is 4.20. The molecule has 4 rings (SSSR count). The molecule has 1 aromatic rings. The standard InChI is InChI=1S/C16H15NO3/c18-15-12-3-1-2-4-13(12)16(19)17(15)11-5-6-14-10(9-11)7-8-20-14/h5-6,9H,1-4,7-8H2. The lowest BCUT2D eigenvalue weighted by atomic mass is 9.93. The Morgan fingerprint density at radius 1 is 0.950 bits per heavy atom. The van der Waals surface area contributed by atoms with Crippen molar-refractivity contribution in [3.05, 3.63) is 34.9 Å². The molecule has 0 saturated heterocycles. The molecule has 0 aromatic heterocycles. The Bertz CT molecular complexity index is 632. The summed E-state index contributed by atoms with van der Waals surface area (Å²) in [4.78, 5) is 26.3. The van der Waals surface area contributed by atoms with E-state index in [1.807, 2.05) is 12.1 Å². The number of hydrogen-bond acceptors (Lipinski definition) is 3. The van der Waals surface area contributed by atoms with Crippen molar-refractivity contribution in [3.8, 4) is 5.75 Å². The summed E-state index contributed by atoms with van der Waals surface area (Å²) in [5, 5.41) is 0. The van der Waals surface area contributed by atoms with E-state index in [2.05, 4.69) is 0 Å². The smallest absolute Gasteiger partial charge is 0.261 e. The van der Waals surface area contributed by atoms with E-state index in [9.17, 15) is 9.59 Å². The normalized spacial score (nSPS) is 21.1. The van der Waals surface area contributed by atoms with E-state index in [0.29, 0.717) is 12.3 Å². The molecule has 1 aromatic carbocycles. The number of fused-ring (bicyclic) bond motifs is 1. The highest BCUT2D eigenvalue weighted by molar-refractivity contribution is 6.33. The van der Waals surface area contributed by atoms with Crippen LogP contribution in [0.2, 0.25) is 0 Å². The number of benzene rings is 1. The maximum atomic E-state index is 12.5. The number of imide groups is 1. The van der Waals surface area contributed by atoms with E-state index in [1.165, 1.54) is 4.90 Å². The van der Waals surface area contributed by atoms with Gasteiger partial charge in [-0.3, -0.25) is 9.59 Å². The first-order valence-electron chi connectivity index (χ1n) is 7.12. The summed E-state index contributed by atoms with van der Waals surface area (Å²) in [5.74, 6) is 0.623. The summed E-state index contributed by atoms with van der Waals surface area (Å²) in [5.41, 5.74) is 3.22. The Labute approximate surface area is 117 Å². The van der Waals surface area contributed by atoms with Gasteiger partial charge in [-0.15, -0.1) is 0 Å². The SMILES string of the molecule is O=C1C2=C(CCCC2)C(=O)N1c1ccc2c(c1)CCO2. The van der Waals surface area contributed by atoms with Crippen LogP contribution in [0.5, 0.6) is 5.75 Å². The molecule has 0 atom stereocenters. The van der Waals surface area contributed by atoms with Crippen LogP contribution >= 0.6 is 0 Å². The van der Waals surface area contributed by atoms with Gasteiger partial charge in [0.05, 0.1) is 12.3 Å². The van der Waals surface area contributed by atoms with Gasteiger partial charge in [-0.1, -0.05) is 0 Å². The number of ether oxygens (including phenoxy) is 1. The minimum absolute atomic E-state index is 0.122. The molecular weight excluding hydrogens is 254 g/mol. The van der Waals surface area contributed by atoms with Gasteiger partial charge < -0.3 is 4.74 Å². The maximum Gasteiger partial charge on any atom is 0.261 e. The van der Waals surface area contributed by atoms with Crippen LogP contribution in [0.4, 0.5) is 5.69 Å². The van der Waals surface area contributed by atoms with Gasteiger partial charge in [0.2, 0.25) is 0 Å². The molecule has 4 nitrogen and oxygen atoms in total. The summed E-state index contributed by atoms with van der Waals surface area (Å²) in [6.45, 7) is 0.676. The van der Waals surface area contributed by atoms with Crippen LogP contribution in [0.25, 0.3) is 0 Å². The third-order valence-corrected chi connectivity index (χ3v) is 4.32. The van der Waals surface area contributed by atoms with Crippen molar-refractivity contribution in [1.29, 1.82) is 0 Å². The predicted octanol–water partition coefficient (Wildman–Crippen LogP) is 2.37. The zero-order chi connectivity index (χ0) is 13.7. The first-order chi connectivity index (χ1) is 9.75. The maximum absolute atomic E-state index is 12.5. The zero-order valence-corrected chi connectivity index (χ0v) is 11.1. The largest absolute Gasteiger partial charge is 0.493 e. The average molecular weight is 269 g/mol. The van der Waals surface area contributed by atoms with Crippen LogP contribution in [0.3, 0.4) is 0 Å². The van der Waals surface area contributed by atoms with E-state index in [4.69, 9.17) is 4.74 Å². The lowest BCUT2D eigenvalue weighted by Crippen LogP contribution is -2.31. The van der Waals surface area contributed by atoms with Gasteiger partial charge in [0.1, 0.15) is 5.75 Å². The summed E-state index contributed by atoms with van der Waals surface area (Å²) in [6, 6.07) is 5.57. The monoisotopic (exact) mass is 269 g/mol. The van der Waals surface area contributed by atoms with Crippen molar-refractivity contribution in [3.63, 3.8) is 0 Å². The van der Waals surface area contributed by atoms with Crippen LogP contribution in [-0.4, -0.2) is 18.4 Å². The highest BCUT2D eigenvalue weighted by atomic mass is 16.5. The van der Waals surface area contributed by atoms with E-state index < -0.39 is 0 Å². The second-order valence-corrected chi connectivity index (χ2v) is 5.50. The summed E-state index contributed by atoms with van der Waals surface area (Å²) in [7, 11) is 0. The Kier molecular flexibility index (Phi) is 2.46. The van der Waals surface area contributed by atoms with Crippen molar-refractivity contribution in [1.82, 2.24) is 0 Å². The van der Waals surface area contributed by atoms with Crippen LogP contribution in [0, 0.1) is 0 Å². The van der Waals surface area contributed by atoms with Crippen LogP contribution in [-0.2, 0) is 16.0 Å². The molecule has 2 heterocycles. The molecule has 3 aliphatic rings. The van der Waals surface area contributed by atoms with Crippen molar-refractivity contribution in [2.75, 3.05) is 11.5 Å². The lowest BCUT2D eigenvalue weighted by Gasteiger charge is -2.15. The number of anilines is 1. The third kappa shape index (κ3) is 1.54. The van der Waals surface area contributed by atoms with Gasteiger partial charge in [-0.2, -0.15) is 0 Å². The molecule has 1 aliphatic carbocycles. The quantitative estimate of drug-likeness (QED) is 0.735. The van der Waals surface area contributed by atoms with Gasteiger partial charge in [0.15, 0.2) is 0 Å². The molecule has 0 saturated carbocycles. The summed E-state index contributed by atoms with van der Waals surface area (Å²) >= 11 is 0. The molecule has 20 heavy (non-hydrogen) atoms. The average Bonchev–Trinajstić information content (AvgIpc) is 3.03. The van der Waals surface area contributed by atoms with Gasteiger partial charge in [0, 0.05) is 17.6 Å². The van der Waals surface area contributed by atoms with Crippen molar-refractivity contribution in [2.45, 2.75) is 32.1 Å². The van der Waals surface area contributed by atoms with Crippen LogP contribution < -0.4 is 9.64 Å². The lowest BCUT2D eigenvalue weighted by molar-refractivity contribution is -0.120. The van der Waals surface area contributed by atoms with Gasteiger partial charge in [-0.05, 0) is 49.4 Å². The fraction of sp³-hybridized carbons (Fsp3) is 0.375. The summed E-state index contributed by atoms with van der Waals surface area (Å²) in [6.07, 6.45) is 4.33. The zero-order valence-electron chi connectivity index (χ0n) is 11.1. The predicted molar refractivity (Wildman–Crippen MR) is 73.6 cm³/mol. The van der Waals surface area contributed by atoms with Crippen LogP contribution in [0.1, 0.15) is 31.2 Å². The number of rotatable bonds is 1. The Balaban J connectivity index is 1.73. The highest BCUT2D eigenvalue weighted by Crippen LogP contribution is 2.37. The van der Waals surface area contributed by atoms with Crippen molar-refractivity contribution < 1.29 is 14.3 Å². The Morgan fingerprint density at radius 2 is 1.65 bits per heavy atom. The second-order valence-electron chi connectivity index (χ2n) is 5.50. The molecule has 0 N–H and O–H groups in total. The van der Waals surface area contributed by atoms with Crippen molar-refractivity contribution >= 4 is 17.5 Å². The first-order valence-corrected chi connectivity index (χ1v) is 7.12. The summed E-state index contributed by atoms with van der Waals surface area (Å²) < 4.78 is 5.47. The molecule has 2 aliphatic heterocycles. The fourth-order valence-corrected chi connectivity index (χ4v) is 3.29. The molecule has 0 spiro atoms. The molecule has 102 valence electrons. The molecule has 0 unspecified atom stereocenters. The Morgan fingerprint density at radius 3 is 2.35 bits per heavy atom. The Hall–Kier alpha value is -2.10. The third-order valence-electron chi connectivity index (χ3n) is 4.32. The van der Waals surface area contributed by atoms with Gasteiger partial charge in [0.25, 0.3) is 11.8 Å². The number of nitrogens with zero attached hydrogens (tertiary/aromatic N) is 1. The first kappa shape index (κ1) is 11.7. The molecular formula is C16H15NO3. The molecule has 0 radical (unpaired) electrons. The van der Waals surface area contributed by atoms with E-state index in [0.717, 1.165) is 54.6 Å². The molecule has 4 heteroatoms. The number of hydrogen-bond donors (Lipinski definition) is 0. The minimum Gasteiger partial charge on any atom is -0.493 e. The minimum atomic E-state index is -0.122. The number of carbonyl (C=O) groups excluding carboxylic acids is 2. The number of amides is 2. The van der Waals surface area contributed by atoms with Gasteiger partial charge >= 0.3 is 0 Å². The van der Waals surface area contributed by atoms with Gasteiger partial charge in [-0.25, -0.2) is 4.90 Å². The number of carbonyl (C=O) groups is 2. The fourth-order valence-electron chi connectivity index (χ4n) is 3.29. The molecule has 2 amide bonds.